The maximum Gasteiger partial charge on any atom is 0.164 e. The number of para-hydroxylation sites is 1. The van der Waals surface area contributed by atoms with Gasteiger partial charge in [-0.3, -0.25) is 0 Å². The lowest BCUT2D eigenvalue weighted by Crippen LogP contribution is -2.07. The summed E-state index contributed by atoms with van der Waals surface area (Å²) in [5.74, 6) is 1.67. The lowest BCUT2D eigenvalue weighted by molar-refractivity contribution is 0.282. The van der Waals surface area contributed by atoms with Crippen molar-refractivity contribution in [2.24, 2.45) is 5.73 Å². The number of benzene rings is 1. The van der Waals surface area contributed by atoms with Crippen LogP contribution in [0.15, 0.2) is 18.2 Å². The summed E-state index contributed by atoms with van der Waals surface area (Å²) >= 11 is 0. The number of ether oxygens (including phenoxy) is 2. The highest BCUT2D eigenvalue weighted by molar-refractivity contribution is 5.46. The Labute approximate surface area is 117 Å². The van der Waals surface area contributed by atoms with E-state index in [1.807, 2.05) is 12.1 Å². The molecule has 0 spiro atoms. The molecule has 0 atom stereocenters. The predicted octanol–water partition coefficient (Wildman–Crippen LogP) is 3.55. The van der Waals surface area contributed by atoms with Gasteiger partial charge in [-0.1, -0.05) is 44.7 Å². The van der Waals surface area contributed by atoms with E-state index >= 15 is 0 Å². The van der Waals surface area contributed by atoms with Crippen molar-refractivity contribution in [2.75, 3.05) is 20.3 Å². The first-order chi connectivity index (χ1) is 9.33. The van der Waals surface area contributed by atoms with E-state index in [1.165, 1.54) is 25.7 Å². The standard InChI is InChI=1S/C16H27NO2/c1-3-4-5-6-7-13-19-16-14(11-12-17)9-8-10-15(16)18-2/h8-10H,3-7,11-13,17H2,1-2H3. The summed E-state index contributed by atoms with van der Waals surface area (Å²) in [5, 5.41) is 0. The van der Waals surface area contributed by atoms with Crippen molar-refractivity contribution < 1.29 is 9.47 Å². The molecule has 0 aromatic heterocycles. The van der Waals surface area contributed by atoms with Gasteiger partial charge in [0, 0.05) is 0 Å². The molecule has 0 aliphatic heterocycles. The number of nitrogens with two attached hydrogens (primary N) is 1. The molecule has 0 aliphatic carbocycles. The van der Waals surface area contributed by atoms with Crippen molar-refractivity contribution in [3.05, 3.63) is 23.8 Å². The minimum Gasteiger partial charge on any atom is -0.493 e. The first kappa shape index (κ1) is 15.8. The van der Waals surface area contributed by atoms with Gasteiger partial charge in [0.05, 0.1) is 13.7 Å². The van der Waals surface area contributed by atoms with Gasteiger partial charge in [-0.15, -0.1) is 0 Å². The van der Waals surface area contributed by atoms with E-state index in [1.54, 1.807) is 7.11 Å². The third kappa shape index (κ3) is 5.52. The van der Waals surface area contributed by atoms with Gasteiger partial charge in [0.2, 0.25) is 0 Å². The van der Waals surface area contributed by atoms with E-state index in [2.05, 4.69) is 13.0 Å². The summed E-state index contributed by atoms with van der Waals surface area (Å²) in [5.41, 5.74) is 6.77. The van der Waals surface area contributed by atoms with Crippen LogP contribution >= 0.6 is 0 Å². The highest BCUT2D eigenvalue weighted by Crippen LogP contribution is 2.31. The highest BCUT2D eigenvalue weighted by atomic mass is 16.5. The molecule has 1 aromatic carbocycles. The molecule has 0 radical (unpaired) electrons. The minimum atomic E-state index is 0.625. The third-order valence-electron chi connectivity index (χ3n) is 3.19. The van der Waals surface area contributed by atoms with Gasteiger partial charge in [0.15, 0.2) is 11.5 Å². The summed E-state index contributed by atoms with van der Waals surface area (Å²) in [7, 11) is 1.68. The molecular formula is C16H27NO2. The average molecular weight is 265 g/mol. The van der Waals surface area contributed by atoms with E-state index in [0.29, 0.717) is 6.54 Å². The number of methoxy groups -OCH3 is 1. The smallest absolute Gasteiger partial charge is 0.164 e. The Bertz CT molecular complexity index is 353. The molecule has 0 fully saturated rings. The van der Waals surface area contributed by atoms with Crippen LogP contribution < -0.4 is 15.2 Å². The number of unbranched alkanes of at least 4 members (excludes halogenated alkanes) is 4. The monoisotopic (exact) mass is 265 g/mol. The van der Waals surface area contributed by atoms with Crippen LogP contribution in [-0.4, -0.2) is 20.3 Å². The zero-order valence-electron chi connectivity index (χ0n) is 12.3. The molecule has 0 saturated heterocycles. The lowest BCUT2D eigenvalue weighted by Gasteiger charge is -2.14. The van der Waals surface area contributed by atoms with Crippen molar-refractivity contribution in [3.8, 4) is 11.5 Å². The van der Waals surface area contributed by atoms with Crippen LogP contribution in [0.3, 0.4) is 0 Å². The zero-order chi connectivity index (χ0) is 13.9. The van der Waals surface area contributed by atoms with Crippen molar-refractivity contribution in [3.63, 3.8) is 0 Å². The Balaban J connectivity index is 2.50. The molecule has 19 heavy (non-hydrogen) atoms. The topological polar surface area (TPSA) is 44.5 Å². The van der Waals surface area contributed by atoms with Gasteiger partial charge in [0.1, 0.15) is 0 Å². The Kier molecular flexibility index (Phi) is 8.07. The van der Waals surface area contributed by atoms with Gasteiger partial charge < -0.3 is 15.2 Å². The molecule has 0 bridgehead atoms. The molecular weight excluding hydrogens is 238 g/mol. The van der Waals surface area contributed by atoms with Crippen molar-refractivity contribution in [1.29, 1.82) is 0 Å². The molecule has 0 saturated carbocycles. The minimum absolute atomic E-state index is 0.625. The molecule has 108 valence electrons. The van der Waals surface area contributed by atoms with Crippen LogP contribution in [0.1, 0.15) is 44.6 Å². The summed E-state index contributed by atoms with van der Waals surface area (Å²) in [6, 6.07) is 5.98. The van der Waals surface area contributed by atoms with Gasteiger partial charge >= 0.3 is 0 Å². The second-order valence-corrected chi connectivity index (χ2v) is 4.75. The normalized spacial score (nSPS) is 10.5. The second-order valence-electron chi connectivity index (χ2n) is 4.75. The zero-order valence-corrected chi connectivity index (χ0v) is 12.3. The van der Waals surface area contributed by atoms with Crippen LogP contribution in [0, 0.1) is 0 Å². The van der Waals surface area contributed by atoms with Crippen molar-refractivity contribution in [1.82, 2.24) is 0 Å². The first-order valence-electron chi connectivity index (χ1n) is 7.32. The summed E-state index contributed by atoms with van der Waals surface area (Å²) in [6.45, 7) is 3.60. The fraction of sp³-hybridized carbons (Fsp3) is 0.625. The van der Waals surface area contributed by atoms with Gasteiger partial charge in [-0.05, 0) is 31.0 Å². The number of hydrogen-bond acceptors (Lipinski definition) is 3. The van der Waals surface area contributed by atoms with E-state index in [4.69, 9.17) is 15.2 Å². The molecule has 2 N–H and O–H groups in total. The maximum absolute atomic E-state index is 5.91. The van der Waals surface area contributed by atoms with E-state index in [0.717, 1.165) is 36.5 Å². The molecule has 1 aromatic rings. The molecule has 0 amide bonds. The third-order valence-corrected chi connectivity index (χ3v) is 3.19. The summed E-state index contributed by atoms with van der Waals surface area (Å²) < 4.78 is 11.3. The van der Waals surface area contributed by atoms with Crippen molar-refractivity contribution in [2.45, 2.75) is 45.4 Å². The Morgan fingerprint density at radius 1 is 1.11 bits per heavy atom. The molecule has 0 aliphatic rings. The SMILES string of the molecule is CCCCCCCOc1c(CCN)cccc1OC. The quantitative estimate of drug-likeness (QED) is 0.658. The fourth-order valence-electron chi connectivity index (χ4n) is 2.12. The van der Waals surface area contributed by atoms with Crippen molar-refractivity contribution >= 4 is 0 Å². The molecule has 0 unspecified atom stereocenters. The Morgan fingerprint density at radius 3 is 2.58 bits per heavy atom. The highest BCUT2D eigenvalue weighted by Gasteiger charge is 2.09. The maximum atomic E-state index is 5.91. The van der Waals surface area contributed by atoms with Gasteiger partial charge in [-0.25, -0.2) is 0 Å². The van der Waals surface area contributed by atoms with E-state index in [9.17, 15) is 0 Å². The van der Waals surface area contributed by atoms with Crippen LogP contribution in [0.5, 0.6) is 11.5 Å². The summed E-state index contributed by atoms with van der Waals surface area (Å²) in [4.78, 5) is 0. The predicted molar refractivity (Wildman–Crippen MR) is 80.0 cm³/mol. The fourth-order valence-corrected chi connectivity index (χ4v) is 2.12. The lowest BCUT2D eigenvalue weighted by atomic mass is 10.1. The van der Waals surface area contributed by atoms with Crippen LogP contribution in [0.2, 0.25) is 0 Å². The number of rotatable bonds is 10. The van der Waals surface area contributed by atoms with E-state index < -0.39 is 0 Å². The first-order valence-corrected chi connectivity index (χ1v) is 7.32. The number of hydrogen-bond donors (Lipinski definition) is 1. The molecule has 3 heteroatoms. The summed E-state index contributed by atoms with van der Waals surface area (Å²) in [6.07, 6.45) is 7.03. The van der Waals surface area contributed by atoms with Gasteiger partial charge in [0.25, 0.3) is 0 Å². The Hall–Kier alpha value is -1.22. The largest absolute Gasteiger partial charge is 0.493 e. The second kappa shape index (κ2) is 9.68. The Morgan fingerprint density at radius 2 is 1.89 bits per heavy atom. The van der Waals surface area contributed by atoms with Gasteiger partial charge in [-0.2, -0.15) is 0 Å². The van der Waals surface area contributed by atoms with Crippen LogP contribution in [0.25, 0.3) is 0 Å². The average Bonchev–Trinajstić information content (AvgIpc) is 2.44. The van der Waals surface area contributed by atoms with Crippen LogP contribution in [0.4, 0.5) is 0 Å². The van der Waals surface area contributed by atoms with E-state index in [-0.39, 0.29) is 0 Å². The molecule has 3 nitrogen and oxygen atoms in total. The molecule has 1 rings (SSSR count). The molecule has 0 heterocycles. The van der Waals surface area contributed by atoms with Crippen LogP contribution in [-0.2, 0) is 6.42 Å².